The fourth-order valence-electron chi connectivity index (χ4n) is 3.12. The molecule has 1 aliphatic carbocycles. The summed E-state index contributed by atoms with van der Waals surface area (Å²) >= 11 is 1.22. The first-order valence-electron chi connectivity index (χ1n) is 9.59. The average Bonchev–Trinajstić information content (AvgIpc) is 3.48. The van der Waals surface area contributed by atoms with Crippen LogP contribution in [-0.2, 0) is 21.4 Å². The molecule has 1 aliphatic rings. The van der Waals surface area contributed by atoms with E-state index in [1.807, 2.05) is 0 Å². The van der Waals surface area contributed by atoms with Crippen molar-refractivity contribution in [2.24, 2.45) is 0 Å². The number of rotatable bonds is 8. The van der Waals surface area contributed by atoms with Gasteiger partial charge in [0.2, 0.25) is 15.9 Å². The minimum Gasteiger partial charge on any atom is -0.480 e. The maximum atomic E-state index is 13.0. The highest BCUT2D eigenvalue weighted by atomic mass is 32.2. The Morgan fingerprint density at radius 1 is 1.26 bits per heavy atom. The molecule has 2 heterocycles. The van der Waals surface area contributed by atoms with Crippen molar-refractivity contribution in [1.82, 2.24) is 14.7 Å². The molecular weight excluding hydrogens is 440 g/mol. The summed E-state index contributed by atoms with van der Waals surface area (Å²) < 4.78 is 38.0. The monoisotopic (exact) mass is 462 g/mol. The van der Waals surface area contributed by atoms with Crippen molar-refractivity contribution in [3.05, 3.63) is 40.5 Å². The largest absolute Gasteiger partial charge is 0.480 e. The van der Waals surface area contributed by atoms with Gasteiger partial charge < -0.3 is 14.8 Å². The molecule has 0 spiro atoms. The standard InChI is InChI=1S/C20H22N4O5S2/c1-11-16-19(29-3)22-15(10-28-2)23-20(16)30-17(11)18(25)21-13-5-4-6-14(9-13)31(26,27)24-12-7-8-12/h4-6,9,12,24H,7-8,10H2,1-3H3,(H,21,25). The Morgan fingerprint density at radius 2 is 2.03 bits per heavy atom. The number of anilines is 1. The van der Waals surface area contributed by atoms with Crippen LogP contribution in [0.25, 0.3) is 10.2 Å². The smallest absolute Gasteiger partial charge is 0.266 e. The minimum absolute atomic E-state index is 0.00327. The molecule has 2 aromatic heterocycles. The van der Waals surface area contributed by atoms with Gasteiger partial charge in [-0.3, -0.25) is 4.79 Å². The van der Waals surface area contributed by atoms with Gasteiger partial charge in [0.05, 0.1) is 22.3 Å². The van der Waals surface area contributed by atoms with Crippen molar-refractivity contribution in [2.45, 2.75) is 37.3 Å². The number of ether oxygens (including phenoxy) is 2. The highest BCUT2D eigenvalue weighted by Crippen LogP contribution is 2.35. The topological polar surface area (TPSA) is 120 Å². The van der Waals surface area contributed by atoms with E-state index in [9.17, 15) is 13.2 Å². The lowest BCUT2D eigenvalue weighted by atomic mass is 10.2. The zero-order valence-corrected chi connectivity index (χ0v) is 18.9. The molecule has 0 unspecified atom stereocenters. The first kappa shape index (κ1) is 21.6. The van der Waals surface area contributed by atoms with Crippen LogP contribution in [0.1, 0.15) is 33.9 Å². The van der Waals surface area contributed by atoms with Crippen LogP contribution < -0.4 is 14.8 Å². The minimum atomic E-state index is -3.61. The van der Waals surface area contributed by atoms with Gasteiger partial charge in [0.1, 0.15) is 11.4 Å². The van der Waals surface area contributed by atoms with Gasteiger partial charge in [0.15, 0.2) is 5.82 Å². The molecule has 0 atom stereocenters. The Balaban J connectivity index is 1.63. The predicted octanol–water partition coefficient (Wildman–Crippen LogP) is 2.85. The van der Waals surface area contributed by atoms with Crippen LogP contribution in [0.3, 0.4) is 0 Å². The van der Waals surface area contributed by atoms with Crippen LogP contribution in [0.4, 0.5) is 5.69 Å². The van der Waals surface area contributed by atoms with E-state index in [0.717, 1.165) is 12.8 Å². The summed E-state index contributed by atoms with van der Waals surface area (Å²) in [4.78, 5) is 23.0. The fourth-order valence-corrected chi connectivity index (χ4v) is 5.56. The van der Waals surface area contributed by atoms with Crippen molar-refractivity contribution >= 4 is 43.2 Å². The zero-order valence-electron chi connectivity index (χ0n) is 17.3. The molecule has 1 amide bonds. The van der Waals surface area contributed by atoms with E-state index < -0.39 is 10.0 Å². The zero-order chi connectivity index (χ0) is 22.2. The molecule has 0 radical (unpaired) electrons. The third-order valence-electron chi connectivity index (χ3n) is 4.78. The van der Waals surface area contributed by atoms with Gasteiger partial charge in [0, 0.05) is 18.8 Å². The second-order valence-corrected chi connectivity index (χ2v) is 9.91. The van der Waals surface area contributed by atoms with Gasteiger partial charge in [-0.25, -0.2) is 18.1 Å². The number of amides is 1. The molecule has 11 heteroatoms. The van der Waals surface area contributed by atoms with E-state index in [1.54, 1.807) is 26.2 Å². The van der Waals surface area contributed by atoms with Crippen molar-refractivity contribution in [3.63, 3.8) is 0 Å². The predicted molar refractivity (Wildman–Crippen MR) is 117 cm³/mol. The number of hydrogen-bond donors (Lipinski definition) is 2. The lowest BCUT2D eigenvalue weighted by Gasteiger charge is -2.09. The number of fused-ring (bicyclic) bond motifs is 1. The quantitative estimate of drug-likeness (QED) is 0.528. The number of hydrogen-bond acceptors (Lipinski definition) is 8. The third-order valence-corrected chi connectivity index (χ3v) is 7.48. The number of aromatic nitrogens is 2. The van der Waals surface area contributed by atoms with Crippen LogP contribution >= 0.6 is 11.3 Å². The van der Waals surface area contributed by atoms with Gasteiger partial charge in [-0.2, -0.15) is 4.98 Å². The van der Waals surface area contributed by atoms with Crippen LogP contribution in [0, 0.1) is 6.92 Å². The summed E-state index contributed by atoms with van der Waals surface area (Å²) in [6.07, 6.45) is 1.69. The Morgan fingerprint density at radius 3 is 2.71 bits per heavy atom. The third kappa shape index (κ3) is 4.54. The Bertz CT molecular complexity index is 1250. The van der Waals surface area contributed by atoms with Gasteiger partial charge >= 0.3 is 0 Å². The maximum Gasteiger partial charge on any atom is 0.266 e. The van der Waals surface area contributed by atoms with Gasteiger partial charge in [-0.1, -0.05) is 6.07 Å². The molecule has 0 aliphatic heterocycles. The highest BCUT2D eigenvalue weighted by Gasteiger charge is 2.28. The fraction of sp³-hybridized carbons (Fsp3) is 0.350. The molecule has 4 rings (SSSR count). The van der Waals surface area contributed by atoms with Crippen molar-refractivity contribution in [1.29, 1.82) is 0 Å². The number of benzene rings is 1. The summed E-state index contributed by atoms with van der Waals surface area (Å²) in [7, 11) is -0.554. The number of nitrogens with zero attached hydrogens (tertiary/aromatic N) is 2. The molecule has 1 fully saturated rings. The Hall–Kier alpha value is -2.60. The summed E-state index contributed by atoms with van der Waals surface area (Å²) in [5, 5.41) is 3.45. The van der Waals surface area contributed by atoms with Crippen LogP contribution in [-0.4, -0.2) is 44.6 Å². The summed E-state index contributed by atoms with van der Waals surface area (Å²) in [5.74, 6) is 0.478. The van der Waals surface area contributed by atoms with E-state index in [0.29, 0.717) is 38.0 Å². The lowest BCUT2D eigenvalue weighted by molar-refractivity contribution is 0.103. The van der Waals surface area contributed by atoms with Crippen LogP contribution in [0.5, 0.6) is 5.88 Å². The average molecular weight is 463 g/mol. The summed E-state index contributed by atoms with van der Waals surface area (Å²) in [6.45, 7) is 2.02. The maximum absolute atomic E-state index is 13.0. The molecule has 9 nitrogen and oxygen atoms in total. The number of thiophene rings is 1. The van der Waals surface area contributed by atoms with Gasteiger partial charge in [-0.05, 0) is 43.5 Å². The van der Waals surface area contributed by atoms with Crippen LogP contribution in [0.2, 0.25) is 0 Å². The van der Waals surface area contributed by atoms with Crippen LogP contribution in [0.15, 0.2) is 29.2 Å². The number of carbonyl (C=O) groups excluding carboxylic acids is 1. The molecule has 2 N–H and O–H groups in total. The van der Waals surface area contributed by atoms with E-state index in [1.165, 1.54) is 30.6 Å². The molecule has 1 saturated carbocycles. The Labute approximate surface area is 183 Å². The van der Waals surface area contributed by atoms with Gasteiger partial charge in [-0.15, -0.1) is 11.3 Å². The first-order valence-corrected chi connectivity index (χ1v) is 11.9. The molecular formula is C20H22N4O5S2. The molecule has 31 heavy (non-hydrogen) atoms. The SMILES string of the molecule is COCc1nc(OC)c2c(C)c(C(=O)Nc3cccc(S(=O)(=O)NC4CC4)c3)sc2n1. The Kier molecular flexibility index (Phi) is 5.93. The van der Waals surface area contributed by atoms with Crippen molar-refractivity contribution in [3.8, 4) is 5.88 Å². The second-order valence-electron chi connectivity index (χ2n) is 7.20. The highest BCUT2D eigenvalue weighted by molar-refractivity contribution is 7.89. The summed E-state index contributed by atoms with van der Waals surface area (Å²) in [5.41, 5.74) is 1.08. The van der Waals surface area contributed by atoms with E-state index in [2.05, 4.69) is 20.0 Å². The van der Waals surface area contributed by atoms with Crippen molar-refractivity contribution in [2.75, 3.05) is 19.5 Å². The van der Waals surface area contributed by atoms with E-state index >= 15 is 0 Å². The normalized spacial score (nSPS) is 14.0. The second kappa shape index (κ2) is 8.50. The van der Waals surface area contributed by atoms with E-state index in [-0.39, 0.29) is 23.5 Å². The molecule has 0 saturated heterocycles. The number of carbonyl (C=O) groups is 1. The number of nitrogens with one attached hydrogen (secondary N) is 2. The van der Waals surface area contributed by atoms with Crippen molar-refractivity contribution < 1.29 is 22.7 Å². The molecule has 164 valence electrons. The molecule has 3 aromatic rings. The molecule has 1 aromatic carbocycles. The number of aryl methyl sites for hydroxylation is 1. The lowest BCUT2D eigenvalue weighted by Crippen LogP contribution is -2.25. The number of methoxy groups -OCH3 is 2. The van der Waals surface area contributed by atoms with Gasteiger partial charge in [0.25, 0.3) is 5.91 Å². The summed E-state index contributed by atoms with van der Waals surface area (Å²) in [6, 6.07) is 6.20. The molecule has 0 bridgehead atoms. The number of sulfonamides is 1. The first-order chi connectivity index (χ1) is 14.8. The van der Waals surface area contributed by atoms with E-state index in [4.69, 9.17) is 9.47 Å².